The van der Waals surface area contributed by atoms with Crippen LogP contribution in [-0.4, -0.2) is 25.0 Å². The van der Waals surface area contributed by atoms with Crippen molar-refractivity contribution in [3.63, 3.8) is 0 Å². The number of nitrogens with one attached hydrogen (secondary N) is 1. The normalized spacial score (nSPS) is 36.1. The van der Waals surface area contributed by atoms with Crippen LogP contribution in [0.1, 0.15) is 39.0 Å². The quantitative estimate of drug-likeness (QED) is 0.566. The van der Waals surface area contributed by atoms with Crippen molar-refractivity contribution in [3.05, 3.63) is 0 Å². The van der Waals surface area contributed by atoms with Crippen LogP contribution >= 0.6 is 0 Å². The Balaban J connectivity index is 1.65. The number of carbonyl (C=O) groups excluding carboxylic acids is 2. The van der Waals surface area contributed by atoms with Crippen molar-refractivity contribution in [2.45, 2.75) is 45.1 Å². The van der Waals surface area contributed by atoms with Crippen LogP contribution in [-0.2, 0) is 14.3 Å². The molecule has 1 spiro atoms. The summed E-state index contributed by atoms with van der Waals surface area (Å²) in [6, 6.07) is 0.398. The summed E-state index contributed by atoms with van der Waals surface area (Å²) < 4.78 is 4.93. The summed E-state index contributed by atoms with van der Waals surface area (Å²) in [5.74, 6) is 0.480. The third kappa shape index (κ3) is 2.06. The molecule has 0 aromatic heterocycles. The van der Waals surface area contributed by atoms with E-state index >= 15 is 0 Å². The number of rotatable bonds is 5. The van der Waals surface area contributed by atoms with Crippen molar-refractivity contribution in [1.82, 2.24) is 5.32 Å². The number of hydrogen-bond acceptors (Lipinski definition) is 3. The van der Waals surface area contributed by atoms with Crippen LogP contribution in [0.5, 0.6) is 0 Å². The summed E-state index contributed by atoms with van der Waals surface area (Å²) in [4.78, 5) is 21.0. The van der Waals surface area contributed by atoms with Crippen LogP contribution < -0.4 is 5.32 Å². The maximum atomic E-state index is 10.6. The molecular weight excluding hydrogens is 206 g/mol. The molecule has 90 valence electrons. The fourth-order valence-corrected chi connectivity index (χ4v) is 3.19. The van der Waals surface area contributed by atoms with Crippen molar-refractivity contribution in [3.8, 4) is 0 Å². The van der Waals surface area contributed by atoms with Crippen molar-refractivity contribution >= 4 is 12.4 Å². The minimum atomic E-state index is -0.196. The fraction of sp³-hybridized carbons (Fsp3) is 0.833. The molecule has 0 aliphatic heterocycles. The van der Waals surface area contributed by atoms with Crippen LogP contribution in [0.25, 0.3) is 0 Å². The number of esters is 1. The van der Waals surface area contributed by atoms with E-state index in [1.807, 2.05) is 0 Å². The van der Waals surface area contributed by atoms with E-state index in [0.29, 0.717) is 24.0 Å². The minimum absolute atomic E-state index is 0.196. The maximum absolute atomic E-state index is 10.6. The van der Waals surface area contributed by atoms with Gasteiger partial charge in [0.1, 0.15) is 0 Å². The summed E-state index contributed by atoms with van der Waals surface area (Å²) in [5, 5.41) is 2.90. The van der Waals surface area contributed by atoms with Crippen molar-refractivity contribution in [2.75, 3.05) is 6.61 Å². The first-order valence-electron chi connectivity index (χ1n) is 5.99. The summed E-state index contributed by atoms with van der Waals surface area (Å²) in [6.45, 7) is 1.99. The smallest absolute Gasteiger partial charge is 0.302 e. The summed E-state index contributed by atoms with van der Waals surface area (Å²) in [5.41, 5.74) is 0.391. The first-order valence-corrected chi connectivity index (χ1v) is 5.99. The molecule has 0 aromatic carbocycles. The predicted octanol–water partition coefficient (Wildman–Crippen LogP) is 1.24. The first kappa shape index (κ1) is 11.4. The van der Waals surface area contributed by atoms with E-state index in [4.69, 9.17) is 4.74 Å². The molecule has 16 heavy (non-hydrogen) atoms. The molecule has 0 heterocycles. The SMILES string of the molecule is CC(=O)OCCC1CC2(CCC2NC=O)C1. The van der Waals surface area contributed by atoms with E-state index in [1.54, 1.807) is 0 Å². The van der Waals surface area contributed by atoms with Gasteiger partial charge in [-0.25, -0.2) is 0 Å². The van der Waals surface area contributed by atoms with Gasteiger partial charge in [-0.3, -0.25) is 9.59 Å². The summed E-state index contributed by atoms with van der Waals surface area (Å²) in [7, 11) is 0. The van der Waals surface area contributed by atoms with E-state index in [-0.39, 0.29) is 5.97 Å². The Morgan fingerprint density at radius 3 is 2.81 bits per heavy atom. The molecule has 1 atom stereocenters. The Morgan fingerprint density at radius 1 is 1.56 bits per heavy atom. The zero-order valence-electron chi connectivity index (χ0n) is 9.70. The Bertz CT molecular complexity index is 284. The topological polar surface area (TPSA) is 55.4 Å². The molecule has 0 aromatic rings. The van der Waals surface area contributed by atoms with Crippen LogP contribution in [0.15, 0.2) is 0 Å². The number of amides is 1. The molecule has 0 radical (unpaired) electrons. The highest BCUT2D eigenvalue weighted by Gasteiger charge is 2.54. The zero-order chi connectivity index (χ0) is 11.6. The molecule has 2 rings (SSSR count). The molecule has 1 unspecified atom stereocenters. The highest BCUT2D eigenvalue weighted by atomic mass is 16.5. The van der Waals surface area contributed by atoms with E-state index < -0.39 is 0 Å². The van der Waals surface area contributed by atoms with Gasteiger partial charge in [0.05, 0.1) is 6.61 Å². The lowest BCUT2D eigenvalue weighted by Crippen LogP contribution is -2.59. The molecule has 1 N–H and O–H groups in total. The third-order valence-electron chi connectivity index (χ3n) is 4.16. The Hall–Kier alpha value is -1.06. The van der Waals surface area contributed by atoms with Crippen LogP contribution in [0.2, 0.25) is 0 Å². The average Bonchev–Trinajstić information content (AvgIpc) is 2.15. The van der Waals surface area contributed by atoms with Gasteiger partial charge in [-0.05, 0) is 43.4 Å². The highest BCUT2D eigenvalue weighted by molar-refractivity contribution is 5.65. The zero-order valence-corrected chi connectivity index (χ0v) is 9.70. The molecule has 0 saturated heterocycles. The highest BCUT2D eigenvalue weighted by Crippen LogP contribution is 2.59. The minimum Gasteiger partial charge on any atom is -0.466 e. The lowest BCUT2D eigenvalue weighted by Gasteiger charge is -2.59. The second-order valence-electron chi connectivity index (χ2n) is 5.14. The van der Waals surface area contributed by atoms with Gasteiger partial charge in [-0.2, -0.15) is 0 Å². The molecule has 4 heteroatoms. The molecule has 2 aliphatic carbocycles. The van der Waals surface area contributed by atoms with E-state index in [9.17, 15) is 9.59 Å². The number of carbonyl (C=O) groups is 2. The third-order valence-corrected chi connectivity index (χ3v) is 4.16. The van der Waals surface area contributed by atoms with Gasteiger partial charge < -0.3 is 10.1 Å². The van der Waals surface area contributed by atoms with Crippen molar-refractivity contribution < 1.29 is 14.3 Å². The predicted molar refractivity (Wildman–Crippen MR) is 58.6 cm³/mol. The Labute approximate surface area is 95.7 Å². The number of hydrogen-bond donors (Lipinski definition) is 1. The van der Waals surface area contributed by atoms with E-state index in [0.717, 1.165) is 19.3 Å². The Kier molecular flexibility index (Phi) is 3.17. The average molecular weight is 225 g/mol. The summed E-state index contributed by atoms with van der Waals surface area (Å²) in [6.07, 6.45) is 6.50. The lowest BCUT2D eigenvalue weighted by molar-refractivity contribution is -0.142. The van der Waals surface area contributed by atoms with Crippen LogP contribution in [0, 0.1) is 11.3 Å². The fourth-order valence-electron chi connectivity index (χ4n) is 3.19. The van der Waals surface area contributed by atoms with E-state index in [1.165, 1.54) is 26.2 Å². The Morgan fingerprint density at radius 2 is 2.31 bits per heavy atom. The van der Waals surface area contributed by atoms with E-state index in [2.05, 4.69) is 5.32 Å². The molecular formula is C12H19NO3. The molecule has 2 saturated carbocycles. The molecule has 4 nitrogen and oxygen atoms in total. The molecule has 2 aliphatic rings. The second-order valence-corrected chi connectivity index (χ2v) is 5.14. The molecule has 2 fully saturated rings. The van der Waals surface area contributed by atoms with Crippen molar-refractivity contribution in [2.24, 2.45) is 11.3 Å². The van der Waals surface area contributed by atoms with Crippen molar-refractivity contribution in [1.29, 1.82) is 0 Å². The largest absolute Gasteiger partial charge is 0.466 e. The lowest BCUT2D eigenvalue weighted by atomic mass is 9.48. The standard InChI is InChI=1S/C12H19NO3/c1-9(15)16-5-3-10-6-12(7-10)4-2-11(12)13-8-14/h8,10-11H,2-7H2,1H3,(H,13,14). The van der Waals surface area contributed by atoms with Crippen LogP contribution in [0.4, 0.5) is 0 Å². The van der Waals surface area contributed by atoms with Crippen LogP contribution in [0.3, 0.4) is 0 Å². The van der Waals surface area contributed by atoms with Gasteiger partial charge in [0, 0.05) is 13.0 Å². The van der Waals surface area contributed by atoms with Gasteiger partial charge in [0.25, 0.3) is 0 Å². The molecule has 0 bridgehead atoms. The van der Waals surface area contributed by atoms with Gasteiger partial charge >= 0.3 is 5.97 Å². The first-order chi connectivity index (χ1) is 7.66. The van der Waals surface area contributed by atoms with Gasteiger partial charge in [0.15, 0.2) is 0 Å². The molecule has 1 amide bonds. The van der Waals surface area contributed by atoms with Gasteiger partial charge in [-0.15, -0.1) is 0 Å². The number of ether oxygens (including phenoxy) is 1. The maximum Gasteiger partial charge on any atom is 0.302 e. The van der Waals surface area contributed by atoms with Gasteiger partial charge in [-0.1, -0.05) is 0 Å². The second kappa shape index (κ2) is 4.44. The summed E-state index contributed by atoms with van der Waals surface area (Å²) >= 11 is 0. The van der Waals surface area contributed by atoms with Gasteiger partial charge in [0.2, 0.25) is 6.41 Å². The monoisotopic (exact) mass is 225 g/mol.